The molecule has 0 fully saturated rings. The number of hydrogen-bond acceptors (Lipinski definition) is 2. The minimum absolute atomic E-state index is 0.763. The van der Waals surface area contributed by atoms with Gasteiger partial charge in [0.2, 0.25) is 0 Å². The lowest BCUT2D eigenvalue weighted by atomic mass is 10.0. The van der Waals surface area contributed by atoms with E-state index in [-0.39, 0.29) is 0 Å². The molecule has 0 aliphatic carbocycles. The summed E-state index contributed by atoms with van der Waals surface area (Å²) in [5, 5.41) is 0. The van der Waals surface area contributed by atoms with Crippen molar-refractivity contribution in [1.82, 2.24) is 0 Å². The first-order chi connectivity index (χ1) is 15.2. The molecule has 0 aromatic heterocycles. The van der Waals surface area contributed by atoms with Gasteiger partial charge in [-0.25, -0.2) is 0 Å². The van der Waals surface area contributed by atoms with Crippen LogP contribution in [0.2, 0.25) is 0 Å². The highest BCUT2D eigenvalue weighted by Gasteiger charge is 2.12. The summed E-state index contributed by atoms with van der Waals surface area (Å²) in [4.78, 5) is 2.27. The number of unbranched alkanes of at least 4 members (excludes halogenated alkanes) is 1. The molecule has 0 aliphatic heterocycles. The molecule has 0 saturated carbocycles. The number of aryl methyl sites for hydroxylation is 1. The summed E-state index contributed by atoms with van der Waals surface area (Å²) in [7, 11) is 0. The summed E-state index contributed by atoms with van der Waals surface area (Å²) < 4.78 is 5.85. The van der Waals surface area contributed by atoms with Crippen LogP contribution in [0, 0.1) is 6.92 Å². The third-order valence-corrected chi connectivity index (χ3v) is 5.39. The molecule has 156 valence electrons. The van der Waals surface area contributed by atoms with Crippen molar-refractivity contribution in [1.29, 1.82) is 0 Å². The largest absolute Gasteiger partial charge is 0.494 e. The van der Waals surface area contributed by atoms with Crippen molar-refractivity contribution in [3.63, 3.8) is 0 Å². The van der Waals surface area contributed by atoms with E-state index in [9.17, 15) is 0 Å². The maximum Gasteiger partial charge on any atom is 0.119 e. The lowest BCUT2D eigenvalue weighted by Crippen LogP contribution is -2.09. The Bertz CT molecular complexity index is 1070. The van der Waals surface area contributed by atoms with Crippen LogP contribution < -0.4 is 9.64 Å². The van der Waals surface area contributed by atoms with Crippen molar-refractivity contribution >= 4 is 17.1 Å². The third kappa shape index (κ3) is 5.16. The molecule has 0 bridgehead atoms. The average molecular weight is 408 g/mol. The topological polar surface area (TPSA) is 12.5 Å². The van der Waals surface area contributed by atoms with E-state index < -0.39 is 0 Å². The molecule has 2 nitrogen and oxygen atoms in total. The van der Waals surface area contributed by atoms with E-state index in [4.69, 9.17) is 4.74 Å². The molecule has 31 heavy (non-hydrogen) atoms. The first-order valence-electron chi connectivity index (χ1n) is 11.0. The van der Waals surface area contributed by atoms with Gasteiger partial charge in [0, 0.05) is 17.1 Å². The summed E-state index contributed by atoms with van der Waals surface area (Å²) in [5.74, 6) is 0.917. The van der Waals surface area contributed by atoms with Crippen molar-refractivity contribution in [3.8, 4) is 16.9 Å². The molecular formula is C29H29NO. The lowest BCUT2D eigenvalue weighted by Gasteiger charge is -2.26. The number of hydrogen-bond donors (Lipinski definition) is 0. The van der Waals surface area contributed by atoms with Gasteiger partial charge in [-0.3, -0.25) is 0 Å². The highest BCUT2D eigenvalue weighted by molar-refractivity contribution is 5.78. The van der Waals surface area contributed by atoms with Gasteiger partial charge in [-0.1, -0.05) is 73.5 Å². The minimum atomic E-state index is 0.763. The zero-order valence-corrected chi connectivity index (χ0v) is 18.3. The Balaban J connectivity index is 1.63. The summed E-state index contributed by atoms with van der Waals surface area (Å²) >= 11 is 0. The number of ether oxygens (including phenoxy) is 1. The van der Waals surface area contributed by atoms with Crippen molar-refractivity contribution in [2.24, 2.45) is 0 Å². The molecule has 0 unspecified atom stereocenters. The monoisotopic (exact) mass is 407 g/mol. The highest BCUT2D eigenvalue weighted by atomic mass is 16.5. The fraction of sp³-hybridized carbons (Fsp3) is 0.172. The lowest BCUT2D eigenvalue weighted by molar-refractivity contribution is 0.309. The van der Waals surface area contributed by atoms with Crippen LogP contribution in [0.1, 0.15) is 25.3 Å². The molecule has 0 aliphatic rings. The smallest absolute Gasteiger partial charge is 0.119 e. The number of nitrogens with zero attached hydrogens (tertiary/aromatic N) is 1. The molecular weight excluding hydrogens is 378 g/mol. The van der Waals surface area contributed by atoms with Crippen LogP contribution in [0.25, 0.3) is 11.1 Å². The molecule has 0 saturated heterocycles. The molecule has 0 N–H and O–H groups in total. The standard InChI is InChI=1S/C29H29NO/c1-3-4-22-31-29-20-18-28(19-21-29)30(26-8-6-5-7-9-26)27-16-14-25(15-17-27)24-12-10-23(2)11-13-24/h5-21H,3-4,22H2,1-2H3. The van der Waals surface area contributed by atoms with Gasteiger partial charge in [0.05, 0.1) is 6.61 Å². The Morgan fingerprint density at radius 2 is 1.13 bits per heavy atom. The second kappa shape index (κ2) is 9.99. The molecule has 0 spiro atoms. The van der Waals surface area contributed by atoms with Crippen LogP contribution in [0.5, 0.6) is 5.75 Å². The summed E-state index contributed by atoms with van der Waals surface area (Å²) in [6.45, 7) is 5.05. The molecule has 0 heterocycles. The normalized spacial score (nSPS) is 10.6. The molecule has 4 aromatic rings. The predicted octanol–water partition coefficient (Wildman–Crippen LogP) is 8.31. The van der Waals surface area contributed by atoms with E-state index >= 15 is 0 Å². The Morgan fingerprint density at radius 3 is 1.71 bits per heavy atom. The SMILES string of the molecule is CCCCOc1ccc(N(c2ccccc2)c2ccc(-c3ccc(C)cc3)cc2)cc1. The van der Waals surface area contributed by atoms with Gasteiger partial charge in [-0.2, -0.15) is 0 Å². The highest BCUT2D eigenvalue weighted by Crippen LogP contribution is 2.36. The maximum atomic E-state index is 5.85. The molecule has 4 aromatic carbocycles. The minimum Gasteiger partial charge on any atom is -0.494 e. The van der Waals surface area contributed by atoms with Crippen LogP contribution in [-0.4, -0.2) is 6.61 Å². The average Bonchev–Trinajstić information content (AvgIpc) is 2.82. The fourth-order valence-electron chi connectivity index (χ4n) is 3.60. The fourth-order valence-corrected chi connectivity index (χ4v) is 3.60. The quantitative estimate of drug-likeness (QED) is 0.272. The molecule has 0 amide bonds. The predicted molar refractivity (Wildman–Crippen MR) is 132 cm³/mol. The number of anilines is 3. The van der Waals surface area contributed by atoms with Gasteiger partial charge < -0.3 is 9.64 Å². The van der Waals surface area contributed by atoms with Crippen molar-refractivity contribution < 1.29 is 4.74 Å². The maximum absolute atomic E-state index is 5.85. The Morgan fingerprint density at radius 1 is 0.613 bits per heavy atom. The second-order valence-electron chi connectivity index (χ2n) is 7.78. The van der Waals surface area contributed by atoms with Gasteiger partial charge in [-0.05, 0) is 73.0 Å². The number of benzene rings is 4. The van der Waals surface area contributed by atoms with E-state index in [0.717, 1.165) is 42.3 Å². The zero-order valence-electron chi connectivity index (χ0n) is 18.3. The van der Waals surface area contributed by atoms with Crippen LogP contribution >= 0.6 is 0 Å². The van der Waals surface area contributed by atoms with Gasteiger partial charge in [0.1, 0.15) is 5.75 Å². The molecule has 0 radical (unpaired) electrons. The van der Waals surface area contributed by atoms with E-state index in [1.807, 2.05) is 6.07 Å². The number of rotatable bonds is 8. The van der Waals surface area contributed by atoms with Gasteiger partial charge in [0.15, 0.2) is 0 Å². The van der Waals surface area contributed by atoms with Crippen LogP contribution in [0.3, 0.4) is 0 Å². The van der Waals surface area contributed by atoms with Gasteiger partial charge in [-0.15, -0.1) is 0 Å². The second-order valence-corrected chi connectivity index (χ2v) is 7.78. The number of para-hydroxylation sites is 1. The Kier molecular flexibility index (Phi) is 6.68. The summed E-state index contributed by atoms with van der Waals surface area (Å²) in [6.07, 6.45) is 2.21. The summed E-state index contributed by atoms with van der Waals surface area (Å²) in [5.41, 5.74) is 7.09. The van der Waals surface area contributed by atoms with Crippen LogP contribution in [0.15, 0.2) is 103 Å². The molecule has 2 heteroatoms. The first kappa shape index (κ1) is 20.7. The van der Waals surface area contributed by atoms with E-state index in [1.54, 1.807) is 0 Å². The molecule has 0 atom stereocenters. The zero-order chi connectivity index (χ0) is 21.5. The van der Waals surface area contributed by atoms with Crippen LogP contribution in [-0.2, 0) is 0 Å². The van der Waals surface area contributed by atoms with Crippen LogP contribution in [0.4, 0.5) is 17.1 Å². The van der Waals surface area contributed by atoms with E-state index in [0.29, 0.717) is 0 Å². The molecule has 4 rings (SSSR count). The van der Waals surface area contributed by atoms with Crippen molar-refractivity contribution in [2.45, 2.75) is 26.7 Å². The van der Waals surface area contributed by atoms with E-state index in [2.05, 4.69) is 116 Å². The van der Waals surface area contributed by atoms with Crippen molar-refractivity contribution in [2.75, 3.05) is 11.5 Å². The first-order valence-corrected chi connectivity index (χ1v) is 11.0. The third-order valence-electron chi connectivity index (χ3n) is 5.39. The van der Waals surface area contributed by atoms with Crippen molar-refractivity contribution in [3.05, 3.63) is 109 Å². The Hall–Kier alpha value is -3.52. The van der Waals surface area contributed by atoms with E-state index in [1.165, 1.54) is 16.7 Å². The van der Waals surface area contributed by atoms with Gasteiger partial charge >= 0.3 is 0 Å². The summed E-state index contributed by atoms with van der Waals surface area (Å²) in [6, 6.07) is 36.3. The Labute approximate surface area is 185 Å². The van der Waals surface area contributed by atoms with Gasteiger partial charge in [0.25, 0.3) is 0 Å².